The summed E-state index contributed by atoms with van der Waals surface area (Å²) in [5.41, 5.74) is 13.8. The Labute approximate surface area is 91.9 Å². The summed E-state index contributed by atoms with van der Waals surface area (Å²) in [5, 5.41) is 2.01. The van der Waals surface area contributed by atoms with E-state index in [9.17, 15) is 0 Å². The summed E-state index contributed by atoms with van der Waals surface area (Å²) in [6.45, 7) is 0. The molecule has 3 aromatic rings. The van der Waals surface area contributed by atoms with Crippen molar-refractivity contribution in [2.45, 2.75) is 0 Å². The van der Waals surface area contributed by atoms with Gasteiger partial charge >= 0.3 is 0 Å². The molecule has 0 fully saturated rings. The number of anilines is 2. The summed E-state index contributed by atoms with van der Waals surface area (Å²) >= 11 is 0. The van der Waals surface area contributed by atoms with Gasteiger partial charge in [0.1, 0.15) is 5.82 Å². The Morgan fingerprint density at radius 3 is 2.75 bits per heavy atom. The van der Waals surface area contributed by atoms with Crippen molar-refractivity contribution >= 4 is 33.3 Å². The molecular weight excluding hydrogens is 200 g/mol. The van der Waals surface area contributed by atoms with Crippen LogP contribution >= 0.6 is 0 Å². The molecule has 2 heterocycles. The molecule has 0 aliphatic heterocycles. The van der Waals surface area contributed by atoms with Gasteiger partial charge in [0.15, 0.2) is 0 Å². The second-order valence-corrected chi connectivity index (χ2v) is 3.71. The first kappa shape index (κ1) is 8.91. The number of nitrogens with zero attached hydrogens (tertiary/aromatic N) is 2. The fourth-order valence-corrected chi connectivity index (χ4v) is 1.84. The Morgan fingerprint density at radius 2 is 1.88 bits per heavy atom. The number of rotatable bonds is 0. The van der Waals surface area contributed by atoms with Crippen molar-refractivity contribution in [2.24, 2.45) is 0 Å². The quantitative estimate of drug-likeness (QED) is 0.556. The normalized spacial score (nSPS) is 11.0. The van der Waals surface area contributed by atoms with Gasteiger partial charge in [0.2, 0.25) is 0 Å². The van der Waals surface area contributed by atoms with E-state index >= 15 is 0 Å². The molecule has 0 spiro atoms. The lowest BCUT2D eigenvalue weighted by atomic mass is 10.1. The average molecular weight is 210 g/mol. The van der Waals surface area contributed by atoms with Crippen LogP contribution < -0.4 is 11.5 Å². The molecule has 0 unspecified atom stereocenters. The van der Waals surface area contributed by atoms with E-state index in [1.165, 1.54) is 0 Å². The number of hydrogen-bond donors (Lipinski definition) is 2. The topological polar surface area (TPSA) is 77.8 Å². The highest BCUT2D eigenvalue weighted by Crippen LogP contribution is 2.24. The molecule has 0 radical (unpaired) electrons. The van der Waals surface area contributed by atoms with Crippen LogP contribution in [0.15, 0.2) is 36.5 Å². The van der Waals surface area contributed by atoms with Crippen molar-refractivity contribution in [3.63, 3.8) is 0 Å². The maximum Gasteiger partial charge on any atom is 0.124 e. The number of benzene rings is 1. The van der Waals surface area contributed by atoms with Gasteiger partial charge in [0.05, 0.1) is 22.9 Å². The number of hydrogen-bond acceptors (Lipinski definition) is 4. The molecule has 0 bridgehead atoms. The van der Waals surface area contributed by atoms with Crippen molar-refractivity contribution < 1.29 is 0 Å². The van der Waals surface area contributed by atoms with Crippen molar-refractivity contribution in [3.05, 3.63) is 36.5 Å². The maximum atomic E-state index is 5.69. The lowest BCUT2D eigenvalue weighted by molar-refractivity contribution is 1.39. The molecule has 0 amide bonds. The highest BCUT2D eigenvalue weighted by Gasteiger charge is 2.03. The van der Waals surface area contributed by atoms with E-state index in [4.69, 9.17) is 11.5 Å². The molecule has 0 saturated heterocycles. The SMILES string of the molecule is Nc1cnc2c(ccc3nc(N)ccc32)c1. The van der Waals surface area contributed by atoms with Crippen LogP contribution in [0.3, 0.4) is 0 Å². The molecule has 4 nitrogen and oxygen atoms in total. The number of nitrogen functional groups attached to an aromatic ring is 2. The smallest absolute Gasteiger partial charge is 0.124 e. The first-order chi connectivity index (χ1) is 7.74. The summed E-state index contributed by atoms with van der Waals surface area (Å²) in [6.07, 6.45) is 1.65. The van der Waals surface area contributed by atoms with Crippen molar-refractivity contribution in [2.75, 3.05) is 11.5 Å². The summed E-state index contributed by atoms with van der Waals surface area (Å²) in [4.78, 5) is 8.59. The van der Waals surface area contributed by atoms with Crippen LogP contribution in [0.4, 0.5) is 11.5 Å². The third-order valence-corrected chi connectivity index (χ3v) is 2.56. The van der Waals surface area contributed by atoms with Gasteiger partial charge in [-0.1, -0.05) is 6.07 Å². The van der Waals surface area contributed by atoms with Gasteiger partial charge in [-0.05, 0) is 24.3 Å². The third-order valence-electron chi connectivity index (χ3n) is 2.56. The molecule has 0 saturated carbocycles. The zero-order chi connectivity index (χ0) is 11.1. The van der Waals surface area contributed by atoms with Gasteiger partial charge in [-0.3, -0.25) is 4.98 Å². The minimum absolute atomic E-state index is 0.516. The predicted octanol–water partition coefficient (Wildman–Crippen LogP) is 1.95. The van der Waals surface area contributed by atoms with Crippen molar-refractivity contribution in [1.82, 2.24) is 9.97 Å². The number of pyridine rings is 2. The van der Waals surface area contributed by atoms with Gasteiger partial charge in [-0.25, -0.2) is 4.98 Å². The van der Waals surface area contributed by atoms with E-state index in [-0.39, 0.29) is 0 Å². The molecule has 1 aromatic carbocycles. The highest BCUT2D eigenvalue weighted by molar-refractivity contribution is 6.04. The van der Waals surface area contributed by atoms with E-state index in [0.717, 1.165) is 21.8 Å². The molecule has 0 aliphatic carbocycles. The summed E-state index contributed by atoms with van der Waals surface area (Å²) < 4.78 is 0. The maximum absolute atomic E-state index is 5.69. The van der Waals surface area contributed by atoms with Crippen LogP contribution in [-0.2, 0) is 0 Å². The van der Waals surface area contributed by atoms with E-state index in [1.807, 2.05) is 24.3 Å². The average Bonchev–Trinajstić information content (AvgIpc) is 2.28. The summed E-state index contributed by atoms with van der Waals surface area (Å²) in [5.74, 6) is 0.516. The minimum atomic E-state index is 0.516. The van der Waals surface area contributed by atoms with Crippen LogP contribution in [-0.4, -0.2) is 9.97 Å². The molecule has 0 aliphatic rings. The molecule has 78 valence electrons. The van der Waals surface area contributed by atoms with Crippen LogP contribution in [0.1, 0.15) is 0 Å². The van der Waals surface area contributed by atoms with Crippen molar-refractivity contribution in [1.29, 1.82) is 0 Å². The Balaban J connectivity index is 2.50. The second kappa shape index (κ2) is 3.06. The van der Waals surface area contributed by atoms with E-state index in [2.05, 4.69) is 9.97 Å². The Bertz CT molecular complexity index is 630. The monoisotopic (exact) mass is 210 g/mol. The molecule has 2 aromatic heterocycles. The second-order valence-electron chi connectivity index (χ2n) is 3.71. The summed E-state index contributed by atoms with van der Waals surface area (Å²) in [7, 11) is 0. The lowest BCUT2D eigenvalue weighted by Crippen LogP contribution is -1.92. The van der Waals surface area contributed by atoms with Gasteiger partial charge in [0, 0.05) is 10.8 Å². The fraction of sp³-hybridized carbons (Fsp3) is 0. The van der Waals surface area contributed by atoms with Crippen LogP contribution in [0, 0.1) is 0 Å². The predicted molar refractivity (Wildman–Crippen MR) is 65.9 cm³/mol. The number of aromatic nitrogens is 2. The van der Waals surface area contributed by atoms with E-state index < -0.39 is 0 Å². The first-order valence-electron chi connectivity index (χ1n) is 4.94. The Kier molecular flexibility index (Phi) is 1.71. The lowest BCUT2D eigenvalue weighted by Gasteiger charge is -2.03. The van der Waals surface area contributed by atoms with Crippen LogP contribution in [0.25, 0.3) is 21.8 Å². The van der Waals surface area contributed by atoms with E-state index in [1.54, 1.807) is 12.3 Å². The van der Waals surface area contributed by atoms with Gasteiger partial charge in [0.25, 0.3) is 0 Å². The van der Waals surface area contributed by atoms with Crippen LogP contribution in [0.2, 0.25) is 0 Å². The number of nitrogens with two attached hydrogens (primary N) is 2. The number of fused-ring (bicyclic) bond motifs is 3. The van der Waals surface area contributed by atoms with Gasteiger partial charge in [-0.2, -0.15) is 0 Å². The van der Waals surface area contributed by atoms with Gasteiger partial charge < -0.3 is 11.5 Å². The molecule has 3 rings (SSSR count). The van der Waals surface area contributed by atoms with E-state index in [0.29, 0.717) is 11.5 Å². The fourth-order valence-electron chi connectivity index (χ4n) is 1.84. The van der Waals surface area contributed by atoms with Crippen LogP contribution in [0.5, 0.6) is 0 Å². The largest absolute Gasteiger partial charge is 0.397 e. The molecule has 4 N–H and O–H groups in total. The molecular formula is C12H10N4. The zero-order valence-electron chi connectivity index (χ0n) is 8.51. The highest BCUT2D eigenvalue weighted by atomic mass is 14.8. The zero-order valence-corrected chi connectivity index (χ0v) is 8.51. The van der Waals surface area contributed by atoms with Gasteiger partial charge in [-0.15, -0.1) is 0 Å². The molecule has 4 heteroatoms. The Hall–Kier alpha value is -2.36. The molecule has 0 atom stereocenters. The first-order valence-corrected chi connectivity index (χ1v) is 4.94. The Morgan fingerprint density at radius 1 is 1.00 bits per heavy atom. The third kappa shape index (κ3) is 1.24. The van der Waals surface area contributed by atoms with Crippen molar-refractivity contribution in [3.8, 4) is 0 Å². The molecule has 16 heavy (non-hydrogen) atoms. The standard InChI is InChI=1S/C12H10N4/c13-8-5-7-1-3-10-9(12(7)15-6-8)2-4-11(14)16-10/h1-6H,13H2,(H2,14,16). The minimum Gasteiger partial charge on any atom is -0.397 e. The summed E-state index contributed by atoms with van der Waals surface area (Å²) in [6, 6.07) is 9.49.